The van der Waals surface area contributed by atoms with Crippen LogP contribution < -0.4 is 10.1 Å². The molecular formula is C15H21N3O2. The summed E-state index contributed by atoms with van der Waals surface area (Å²) in [6.45, 7) is 4.82. The van der Waals surface area contributed by atoms with E-state index < -0.39 is 0 Å². The van der Waals surface area contributed by atoms with Crippen molar-refractivity contribution in [3.63, 3.8) is 0 Å². The number of hydrogen-bond donors (Lipinski definition) is 1. The Labute approximate surface area is 119 Å². The minimum atomic E-state index is 0.399. The molecule has 1 N–H and O–H groups in total. The first-order valence-corrected chi connectivity index (χ1v) is 6.83. The molecule has 0 radical (unpaired) electrons. The highest BCUT2D eigenvalue weighted by atomic mass is 16.5. The van der Waals surface area contributed by atoms with Crippen LogP contribution in [-0.4, -0.2) is 29.8 Å². The molecule has 2 aromatic rings. The number of hydrogen-bond acceptors (Lipinski definition) is 5. The van der Waals surface area contributed by atoms with Gasteiger partial charge in [0.25, 0.3) is 0 Å². The minimum absolute atomic E-state index is 0.399. The van der Waals surface area contributed by atoms with Crippen molar-refractivity contribution in [2.45, 2.75) is 32.7 Å². The first-order chi connectivity index (χ1) is 9.67. The van der Waals surface area contributed by atoms with Gasteiger partial charge in [-0.05, 0) is 31.0 Å². The number of aryl methyl sites for hydroxylation is 1. The Kier molecular flexibility index (Phi) is 5.12. The first kappa shape index (κ1) is 14.5. The quantitative estimate of drug-likeness (QED) is 0.839. The Morgan fingerprint density at radius 3 is 2.65 bits per heavy atom. The first-order valence-electron chi connectivity index (χ1n) is 6.83. The fourth-order valence-corrected chi connectivity index (χ4v) is 2.06. The summed E-state index contributed by atoms with van der Waals surface area (Å²) in [4.78, 5) is 4.18. The van der Waals surface area contributed by atoms with Crippen LogP contribution in [0.5, 0.6) is 5.75 Å². The van der Waals surface area contributed by atoms with Crippen molar-refractivity contribution in [2.24, 2.45) is 0 Å². The van der Waals surface area contributed by atoms with E-state index in [-0.39, 0.29) is 0 Å². The lowest BCUT2D eigenvalue weighted by atomic mass is 10.1. The Balaban J connectivity index is 1.72. The fraction of sp³-hybridized carbons (Fsp3) is 0.467. The second-order valence-corrected chi connectivity index (χ2v) is 4.89. The molecule has 5 heteroatoms. The zero-order valence-electron chi connectivity index (χ0n) is 12.2. The third kappa shape index (κ3) is 4.35. The van der Waals surface area contributed by atoms with Gasteiger partial charge in [0, 0.05) is 25.9 Å². The van der Waals surface area contributed by atoms with Gasteiger partial charge in [0.1, 0.15) is 5.75 Å². The molecule has 0 aliphatic rings. The van der Waals surface area contributed by atoms with Gasteiger partial charge in [0.2, 0.25) is 5.89 Å². The molecule has 0 amide bonds. The summed E-state index contributed by atoms with van der Waals surface area (Å²) < 4.78 is 10.1. The normalized spacial score (nSPS) is 12.3. The van der Waals surface area contributed by atoms with Gasteiger partial charge in [-0.1, -0.05) is 17.3 Å². The number of methoxy groups -OCH3 is 1. The maximum absolute atomic E-state index is 5.15. The van der Waals surface area contributed by atoms with E-state index in [1.54, 1.807) is 14.0 Å². The molecule has 1 atom stereocenters. The smallest absolute Gasteiger partial charge is 0.223 e. The van der Waals surface area contributed by atoms with E-state index in [9.17, 15) is 0 Å². The molecule has 0 spiro atoms. The van der Waals surface area contributed by atoms with Crippen molar-refractivity contribution in [3.05, 3.63) is 41.5 Å². The molecule has 108 valence electrons. The average molecular weight is 275 g/mol. The lowest BCUT2D eigenvalue weighted by Crippen LogP contribution is -2.30. The summed E-state index contributed by atoms with van der Waals surface area (Å²) in [6, 6.07) is 8.57. The fourth-order valence-electron chi connectivity index (χ4n) is 2.06. The standard InChI is InChI=1S/C15H21N3O2/c1-11(10-13-4-6-14(19-3)7-5-13)16-9-8-15-17-12(2)20-18-15/h4-7,11,16H,8-10H2,1-3H3. The summed E-state index contributed by atoms with van der Waals surface area (Å²) in [5, 5.41) is 7.34. The van der Waals surface area contributed by atoms with E-state index in [1.807, 2.05) is 12.1 Å². The number of nitrogens with zero attached hydrogens (tertiary/aromatic N) is 2. The predicted octanol–water partition coefficient (Wildman–Crippen LogP) is 2.15. The van der Waals surface area contributed by atoms with Crippen LogP contribution in [0.3, 0.4) is 0 Å². The van der Waals surface area contributed by atoms with E-state index in [0.29, 0.717) is 11.9 Å². The number of rotatable bonds is 7. The van der Waals surface area contributed by atoms with Gasteiger partial charge in [0.05, 0.1) is 7.11 Å². The Morgan fingerprint density at radius 1 is 1.30 bits per heavy atom. The van der Waals surface area contributed by atoms with Gasteiger partial charge < -0.3 is 14.6 Å². The molecule has 0 aliphatic carbocycles. The number of aromatic nitrogens is 2. The van der Waals surface area contributed by atoms with Crippen LogP contribution in [0.25, 0.3) is 0 Å². The third-order valence-electron chi connectivity index (χ3n) is 3.11. The predicted molar refractivity (Wildman–Crippen MR) is 76.9 cm³/mol. The van der Waals surface area contributed by atoms with Crippen LogP contribution in [0, 0.1) is 6.92 Å². The second-order valence-electron chi connectivity index (χ2n) is 4.89. The highest BCUT2D eigenvalue weighted by molar-refractivity contribution is 5.27. The van der Waals surface area contributed by atoms with E-state index in [0.717, 1.165) is 31.0 Å². The van der Waals surface area contributed by atoms with Crippen LogP contribution in [0.1, 0.15) is 24.2 Å². The summed E-state index contributed by atoms with van der Waals surface area (Å²) in [6.07, 6.45) is 1.76. The van der Waals surface area contributed by atoms with Crippen LogP contribution >= 0.6 is 0 Å². The van der Waals surface area contributed by atoms with E-state index >= 15 is 0 Å². The SMILES string of the molecule is COc1ccc(CC(C)NCCc2noc(C)n2)cc1. The van der Waals surface area contributed by atoms with Gasteiger partial charge in [-0.25, -0.2) is 0 Å². The maximum atomic E-state index is 5.15. The summed E-state index contributed by atoms with van der Waals surface area (Å²) in [5.74, 6) is 2.26. The van der Waals surface area contributed by atoms with Crippen LogP contribution in [-0.2, 0) is 12.8 Å². The largest absolute Gasteiger partial charge is 0.497 e. The van der Waals surface area contributed by atoms with E-state index in [4.69, 9.17) is 9.26 Å². The molecule has 0 bridgehead atoms. The van der Waals surface area contributed by atoms with Gasteiger partial charge in [0.15, 0.2) is 5.82 Å². The Hall–Kier alpha value is -1.88. The molecule has 1 aromatic heterocycles. The van der Waals surface area contributed by atoms with Crippen LogP contribution in [0.2, 0.25) is 0 Å². The lowest BCUT2D eigenvalue weighted by molar-refractivity contribution is 0.386. The molecule has 0 saturated carbocycles. The van der Waals surface area contributed by atoms with Crippen molar-refractivity contribution in [1.82, 2.24) is 15.5 Å². The second kappa shape index (κ2) is 7.05. The monoisotopic (exact) mass is 275 g/mol. The third-order valence-corrected chi connectivity index (χ3v) is 3.11. The molecule has 0 aliphatic heterocycles. The lowest BCUT2D eigenvalue weighted by Gasteiger charge is -2.13. The van der Waals surface area contributed by atoms with Crippen molar-refractivity contribution >= 4 is 0 Å². The van der Waals surface area contributed by atoms with Crippen LogP contribution in [0.15, 0.2) is 28.8 Å². The van der Waals surface area contributed by atoms with Crippen molar-refractivity contribution in [2.75, 3.05) is 13.7 Å². The maximum Gasteiger partial charge on any atom is 0.223 e. The molecule has 5 nitrogen and oxygen atoms in total. The molecule has 1 heterocycles. The van der Waals surface area contributed by atoms with Gasteiger partial charge >= 0.3 is 0 Å². The highest BCUT2D eigenvalue weighted by Gasteiger charge is 2.05. The van der Waals surface area contributed by atoms with Crippen molar-refractivity contribution in [3.8, 4) is 5.75 Å². The topological polar surface area (TPSA) is 60.2 Å². The van der Waals surface area contributed by atoms with E-state index in [1.165, 1.54) is 5.56 Å². The minimum Gasteiger partial charge on any atom is -0.497 e. The summed E-state index contributed by atoms with van der Waals surface area (Å²) >= 11 is 0. The van der Waals surface area contributed by atoms with Gasteiger partial charge in [-0.3, -0.25) is 0 Å². The van der Waals surface area contributed by atoms with Crippen molar-refractivity contribution in [1.29, 1.82) is 0 Å². The number of nitrogens with one attached hydrogen (secondary N) is 1. The Morgan fingerprint density at radius 2 is 2.05 bits per heavy atom. The summed E-state index contributed by atoms with van der Waals surface area (Å²) in [5.41, 5.74) is 1.29. The molecule has 20 heavy (non-hydrogen) atoms. The van der Waals surface area contributed by atoms with Crippen molar-refractivity contribution < 1.29 is 9.26 Å². The zero-order valence-corrected chi connectivity index (χ0v) is 12.2. The average Bonchev–Trinajstić information content (AvgIpc) is 2.85. The van der Waals surface area contributed by atoms with Crippen LogP contribution in [0.4, 0.5) is 0 Å². The number of benzene rings is 1. The zero-order chi connectivity index (χ0) is 14.4. The molecule has 0 fully saturated rings. The molecular weight excluding hydrogens is 254 g/mol. The highest BCUT2D eigenvalue weighted by Crippen LogP contribution is 2.12. The number of ether oxygens (including phenoxy) is 1. The van der Waals surface area contributed by atoms with Gasteiger partial charge in [-0.2, -0.15) is 4.98 Å². The molecule has 1 aromatic carbocycles. The van der Waals surface area contributed by atoms with E-state index in [2.05, 4.69) is 34.5 Å². The molecule has 2 rings (SSSR count). The summed E-state index contributed by atoms with van der Waals surface area (Å²) in [7, 11) is 1.68. The molecule has 1 unspecified atom stereocenters. The molecule has 0 saturated heterocycles. The van der Waals surface area contributed by atoms with Gasteiger partial charge in [-0.15, -0.1) is 0 Å². The Bertz CT molecular complexity index is 522.